The Kier molecular flexibility index (Phi) is 3.69. The van der Waals surface area contributed by atoms with E-state index in [2.05, 4.69) is 6.08 Å². The fraction of sp³-hybridized carbons (Fsp3) is 0.429. The Morgan fingerprint density at radius 2 is 1.94 bits per heavy atom. The molecule has 92 valence electrons. The summed E-state index contributed by atoms with van der Waals surface area (Å²) < 4.78 is 10.5. The highest BCUT2D eigenvalue weighted by Crippen LogP contribution is 2.34. The van der Waals surface area contributed by atoms with Gasteiger partial charge in [-0.05, 0) is 37.0 Å². The van der Waals surface area contributed by atoms with Crippen molar-refractivity contribution in [3.63, 3.8) is 0 Å². The fourth-order valence-corrected chi connectivity index (χ4v) is 2.24. The van der Waals surface area contributed by atoms with Gasteiger partial charge < -0.3 is 15.2 Å². The van der Waals surface area contributed by atoms with Crippen molar-refractivity contribution >= 4 is 0 Å². The van der Waals surface area contributed by atoms with Crippen LogP contribution in [0.2, 0.25) is 0 Å². The molecule has 2 N–H and O–H groups in total. The van der Waals surface area contributed by atoms with Crippen LogP contribution in [-0.2, 0) is 0 Å². The SMILES string of the molecule is COc1ccc(C(N)C2=CCCC2)cc1OC. The van der Waals surface area contributed by atoms with E-state index in [9.17, 15) is 0 Å². The van der Waals surface area contributed by atoms with Crippen molar-refractivity contribution in [2.45, 2.75) is 25.3 Å². The molecular formula is C14H19NO2. The number of methoxy groups -OCH3 is 2. The molecule has 1 aromatic rings. The normalized spacial score (nSPS) is 16.5. The summed E-state index contributed by atoms with van der Waals surface area (Å²) in [4.78, 5) is 0. The molecule has 0 bridgehead atoms. The van der Waals surface area contributed by atoms with Crippen LogP contribution in [0.4, 0.5) is 0 Å². The number of hydrogen-bond donors (Lipinski definition) is 1. The zero-order chi connectivity index (χ0) is 12.3. The first-order valence-corrected chi connectivity index (χ1v) is 5.92. The summed E-state index contributed by atoms with van der Waals surface area (Å²) in [5, 5.41) is 0. The second-order valence-corrected chi connectivity index (χ2v) is 4.26. The highest BCUT2D eigenvalue weighted by atomic mass is 16.5. The lowest BCUT2D eigenvalue weighted by Crippen LogP contribution is -2.12. The summed E-state index contributed by atoms with van der Waals surface area (Å²) in [5.74, 6) is 1.47. The van der Waals surface area contributed by atoms with Crippen LogP contribution in [0.5, 0.6) is 11.5 Å². The zero-order valence-electron chi connectivity index (χ0n) is 10.4. The highest BCUT2D eigenvalue weighted by Gasteiger charge is 2.16. The summed E-state index contributed by atoms with van der Waals surface area (Å²) in [6.07, 6.45) is 5.73. The van der Waals surface area contributed by atoms with E-state index in [1.54, 1.807) is 14.2 Å². The molecule has 1 aromatic carbocycles. The van der Waals surface area contributed by atoms with Gasteiger partial charge in [-0.3, -0.25) is 0 Å². The first-order valence-electron chi connectivity index (χ1n) is 5.92. The molecule has 0 saturated carbocycles. The van der Waals surface area contributed by atoms with E-state index in [1.165, 1.54) is 12.0 Å². The van der Waals surface area contributed by atoms with Gasteiger partial charge in [-0.15, -0.1) is 0 Å². The molecule has 3 heteroatoms. The Labute approximate surface area is 102 Å². The van der Waals surface area contributed by atoms with Crippen LogP contribution in [0.3, 0.4) is 0 Å². The van der Waals surface area contributed by atoms with Crippen LogP contribution < -0.4 is 15.2 Å². The summed E-state index contributed by atoms with van der Waals surface area (Å²) in [6.45, 7) is 0. The van der Waals surface area contributed by atoms with Crippen molar-refractivity contribution in [3.05, 3.63) is 35.4 Å². The van der Waals surface area contributed by atoms with Crippen molar-refractivity contribution < 1.29 is 9.47 Å². The molecule has 0 aromatic heterocycles. The monoisotopic (exact) mass is 233 g/mol. The molecule has 0 fully saturated rings. The topological polar surface area (TPSA) is 44.5 Å². The van der Waals surface area contributed by atoms with E-state index in [0.29, 0.717) is 0 Å². The maximum absolute atomic E-state index is 6.25. The molecule has 2 rings (SSSR count). The van der Waals surface area contributed by atoms with Gasteiger partial charge in [0, 0.05) is 0 Å². The molecule has 0 saturated heterocycles. The van der Waals surface area contributed by atoms with E-state index in [0.717, 1.165) is 29.9 Å². The largest absolute Gasteiger partial charge is 0.493 e. The average molecular weight is 233 g/mol. The van der Waals surface area contributed by atoms with Gasteiger partial charge in [0.05, 0.1) is 20.3 Å². The third-order valence-electron chi connectivity index (χ3n) is 3.24. The molecule has 0 amide bonds. The number of allylic oxidation sites excluding steroid dienone is 1. The molecule has 17 heavy (non-hydrogen) atoms. The van der Waals surface area contributed by atoms with Gasteiger partial charge >= 0.3 is 0 Å². The second kappa shape index (κ2) is 5.23. The van der Waals surface area contributed by atoms with Crippen molar-refractivity contribution in [1.29, 1.82) is 0 Å². The van der Waals surface area contributed by atoms with Crippen molar-refractivity contribution in [3.8, 4) is 11.5 Å². The van der Waals surface area contributed by atoms with Crippen molar-refractivity contribution in [2.24, 2.45) is 5.73 Å². The summed E-state index contributed by atoms with van der Waals surface area (Å²) in [6, 6.07) is 5.86. The lowest BCUT2D eigenvalue weighted by atomic mass is 9.99. The predicted octanol–water partition coefficient (Wildman–Crippen LogP) is 2.81. The quantitative estimate of drug-likeness (QED) is 0.813. The van der Waals surface area contributed by atoms with E-state index in [4.69, 9.17) is 15.2 Å². The molecule has 0 spiro atoms. The van der Waals surface area contributed by atoms with Crippen LogP contribution in [0, 0.1) is 0 Å². The van der Waals surface area contributed by atoms with Gasteiger partial charge in [0.15, 0.2) is 11.5 Å². The lowest BCUT2D eigenvalue weighted by molar-refractivity contribution is 0.354. The second-order valence-electron chi connectivity index (χ2n) is 4.26. The van der Waals surface area contributed by atoms with Crippen LogP contribution in [-0.4, -0.2) is 14.2 Å². The maximum atomic E-state index is 6.25. The van der Waals surface area contributed by atoms with Crippen LogP contribution >= 0.6 is 0 Å². The Morgan fingerprint density at radius 3 is 2.53 bits per heavy atom. The van der Waals surface area contributed by atoms with E-state index >= 15 is 0 Å². The number of hydrogen-bond acceptors (Lipinski definition) is 3. The molecule has 0 aliphatic heterocycles. The Bertz CT molecular complexity index is 426. The number of rotatable bonds is 4. The van der Waals surface area contributed by atoms with Gasteiger partial charge in [-0.25, -0.2) is 0 Å². The van der Waals surface area contributed by atoms with Gasteiger partial charge in [-0.1, -0.05) is 17.7 Å². The summed E-state index contributed by atoms with van der Waals surface area (Å²) in [7, 11) is 3.28. The van der Waals surface area contributed by atoms with Gasteiger partial charge in [0.25, 0.3) is 0 Å². The fourth-order valence-electron chi connectivity index (χ4n) is 2.24. The van der Waals surface area contributed by atoms with Gasteiger partial charge in [-0.2, -0.15) is 0 Å². The van der Waals surface area contributed by atoms with Crippen LogP contribution in [0.25, 0.3) is 0 Å². The lowest BCUT2D eigenvalue weighted by Gasteiger charge is -2.16. The Balaban J connectivity index is 2.26. The zero-order valence-corrected chi connectivity index (χ0v) is 10.4. The summed E-state index contributed by atoms with van der Waals surface area (Å²) in [5.41, 5.74) is 8.66. The molecular weight excluding hydrogens is 214 g/mol. The standard InChI is InChI=1S/C14H19NO2/c1-16-12-8-7-11(9-13(12)17-2)14(15)10-5-3-4-6-10/h5,7-9,14H,3-4,6,15H2,1-2H3. The van der Waals surface area contributed by atoms with Crippen LogP contribution in [0.1, 0.15) is 30.9 Å². The highest BCUT2D eigenvalue weighted by molar-refractivity contribution is 5.45. The molecule has 3 nitrogen and oxygen atoms in total. The Hall–Kier alpha value is -1.48. The molecule has 1 atom stereocenters. The van der Waals surface area contributed by atoms with Crippen molar-refractivity contribution in [1.82, 2.24) is 0 Å². The first kappa shape index (κ1) is 12.0. The van der Waals surface area contributed by atoms with Crippen LogP contribution in [0.15, 0.2) is 29.8 Å². The van der Waals surface area contributed by atoms with E-state index in [1.807, 2.05) is 18.2 Å². The number of ether oxygens (including phenoxy) is 2. The van der Waals surface area contributed by atoms with Crippen molar-refractivity contribution in [2.75, 3.05) is 14.2 Å². The van der Waals surface area contributed by atoms with Gasteiger partial charge in [0.1, 0.15) is 0 Å². The molecule has 1 aliphatic carbocycles. The molecule has 0 heterocycles. The summed E-state index contributed by atoms with van der Waals surface area (Å²) >= 11 is 0. The minimum atomic E-state index is -0.0164. The smallest absolute Gasteiger partial charge is 0.161 e. The van der Waals surface area contributed by atoms with E-state index < -0.39 is 0 Å². The first-order chi connectivity index (χ1) is 8.26. The average Bonchev–Trinajstić information content (AvgIpc) is 2.90. The number of nitrogens with two attached hydrogens (primary N) is 1. The van der Waals surface area contributed by atoms with E-state index in [-0.39, 0.29) is 6.04 Å². The minimum Gasteiger partial charge on any atom is -0.493 e. The molecule has 1 aliphatic rings. The number of benzene rings is 1. The maximum Gasteiger partial charge on any atom is 0.161 e. The third kappa shape index (κ3) is 2.44. The molecule has 1 unspecified atom stereocenters. The Morgan fingerprint density at radius 1 is 1.18 bits per heavy atom. The molecule has 0 radical (unpaired) electrons. The van der Waals surface area contributed by atoms with Gasteiger partial charge in [0.2, 0.25) is 0 Å². The minimum absolute atomic E-state index is 0.0164. The predicted molar refractivity (Wildman–Crippen MR) is 68.4 cm³/mol. The third-order valence-corrected chi connectivity index (χ3v) is 3.24.